The van der Waals surface area contributed by atoms with Gasteiger partial charge < -0.3 is 19.7 Å². The molecule has 174 valence electrons. The fraction of sp³-hybridized carbons (Fsp3) is 0.571. The zero-order valence-electron chi connectivity index (χ0n) is 14.4. The van der Waals surface area contributed by atoms with E-state index in [9.17, 15) is 62.9 Å². The van der Waals surface area contributed by atoms with Crippen LogP contribution in [0.3, 0.4) is 0 Å². The van der Waals surface area contributed by atoms with Crippen LogP contribution in [0.2, 0.25) is 0 Å². The molecule has 0 radical (unpaired) electrons. The zero-order valence-corrected chi connectivity index (χ0v) is 14.4. The third-order valence-electron chi connectivity index (χ3n) is 3.93. The Balaban J connectivity index is 4.24. The zero-order chi connectivity index (χ0) is 24.1. The Morgan fingerprint density at radius 1 is 0.600 bits per heavy atom. The maximum atomic E-state index is 13.2. The molecule has 0 bridgehead atoms. The van der Waals surface area contributed by atoms with Crippen molar-refractivity contribution in [3.05, 3.63) is 23.3 Å². The van der Waals surface area contributed by atoms with Crippen molar-refractivity contribution in [3.63, 3.8) is 0 Å². The van der Waals surface area contributed by atoms with E-state index in [1.54, 1.807) is 0 Å². The fourth-order valence-electron chi connectivity index (χ4n) is 2.40. The Morgan fingerprint density at radius 2 is 0.967 bits per heavy atom. The SMILES string of the molecule is COc1cc(C(O)(C(F)(F)F)C(F)(F)F)cc(C(O)(C(F)(F)F)C(F)(F)F)c1OC. The van der Waals surface area contributed by atoms with Crippen molar-refractivity contribution in [2.24, 2.45) is 0 Å². The molecule has 0 atom stereocenters. The highest BCUT2D eigenvalue weighted by molar-refractivity contribution is 5.55. The van der Waals surface area contributed by atoms with Crippen molar-refractivity contribution in [1.29, 1.82) is 0 Å². The van der Waals surface area contributed by atoms with Crippen LogP contribution in [-0.2, 0) is 11.2 Å². The van der Waals surface area contributed by atoms with Gasteiger partial charge in [0.05, 0.1) is 14.2 Å². The van der Waals surface area contributed by atoms with Crippen LogP contribution in [0.15, 0.2) is 12.1 Å². The monoisotopic (exact) mass is 470 g/mol. The lowest BCUT2D eigenvalue weighted by atomic mass is 9.84. The molecule has 0 aromatic heterocycles. The van der Waals surface area contributed by atoms with E-state index in [0.29, 0.717) is 14.2 Å². The second kappa shape index (κ2) is 7.25. The molecule has 1 aromatic rings. The van der Waals surface area contributed by atoms with Gasteiger partial charge in [0.15, 0.2) is 11.5 Å². The quantitative estimate of drug-likeness (QED) is 0.644. The standard InChI is InChI=1S/C14H10F12O4/c1-29-7-4-5(9(27,11(15,16)17)12(18,19)20)3-6(8(7)30-2)10(28,13(21,22)23)14(24,25)26/h3-4,27-28H,1-2H3. The van der Waals surface area contributed by atoms with Crippen LogP contribution in [0.4, 0.5) is 52.7 Å². The highest BCUT2D eigenvalue weighted by atomic mass is 19.4. The Hall–Kier alpha value is -2.10. The van der Waals surface area contributed by atoms with Crippen LogP contribution >= 0.6 is 0 Å². The van der Waals surface area contributed by atoms with Gasteiger partial charge in [-0.1, -0.05) is 0 Å². The topological polar surface area (TPSA) is 58.9 Å². The summed E-state index contributed by atoms with van der Waals surface area (Å²) in [5, 5.41) is 18.8. The average molecular weight is 470 g/mol. The molecule has 4 nitrogen and oxygen atoms in total. The van der Waals surface area contributed by atoms with Gasteiger partial charge in [0.2, 0.25) is 0 Å². The van der Waals surface area contributed by atoms with Crippen LogP contribution in [0.1, 0.15) is 11.1 Å². The summed E-state index contributed by atoms with van der Waals surface area (Å²) in [6.07, 6.45) is -26.7. The lowest BCUT2D eigenvalue weighted by Crippen LogP contribution is -2.56. The summed E-state index contributed by atoms with van der Waals surface area (Å²) >= 11 is 0. The summed E-state index contributed by atoms with van der Waals surface area (Å²) in [6, 6.07) is -1.28. The van der Waals surface area contributed by atoms with Crippen LogP contribution in [-0.4, -0.2) is 49.1 Å². The van der Waals surface area contributed by atoms with Crippen LogP contribution in [0.25, 0.3) is 0 Å². The fourth-order valence-corrected chi connectivity index (χ4v) is 2.40. The van der Waals surface area contributed by atoms with Gasteiger partial charge in [0.1, 0.15) is 0 Å². The van der Waals surface area contributed by atoms with Gasteiger partial charge in [-0.25, -0.2) is 0 Å². The summed E-state index contributed by atoms with van der Waals surface area (Å²) < 4.78 is 166. The number of rotatable bonds is 4. The molecule has 0 aliphatic carbocycles. The van der Waals surface area contributed by atoms with E-state index in [4.69, 9.17) is 0 Å². The summed E-state index contributed by atoms with van der Waals surface area (Å²) in [6.45, 7) is 0. The lowest BCUT2D eigenvalue weighted by molar-refractivity contribution is -0.378. The van der Waals surface area contributed by atoms with Gasteiger partial charge in [-0.15, -0.1) is 0 Å². The second-order valence-electron chi connectivity index (χ2n) is 5.67. The molecule has 0 spiro atoms. The first-order valence-corrected chi connectivity index (χ1v) is 7.09. The number of methoxy groups -OCH3 is 2. The Labute approximate surface area is 158 Å². The molecular weight excluding hydrogens is 460 g/mol. The normalized spacial score (nSPS) is 14.7. The second-order valence-corrected chi connectivity index (χ2v) is 5.67. The first kappa shape index (κ1) is 25.9. The first-order valence-electron chi connectivity index (χ1n) is 7.09. The van der Waals surface area contributed by atoms with Gasteiger partial charge in [0, 0.05) is 11.1 Å². The van der Waals surface area contributed by atoms with Gasteiger partial charge in [0.25, 0.3) is 11.2 Å². The number of halogens is 12. The van der Waals surface area contributed by atoms with Crippen molar-refractivity contribution in [3.8, 4) is 11.5 Å². The van der Waals surface area contributed by atoms with E-state index in [-0.39, 0.29) is 6.07 Å². The van der Waals surface area contributed by atoms with Crippen molar-refractivity contribution in [2.75, 3.05) is 14.2 Å². The number of ether oxygens (including phenoxy) is 2. The molecule has 1 aromatic carbocycles. The number of benzene rings is 1. The molecule has 0 amide bonds. The van der Waals surface area contributed by atoms with Crippen LogP contribution in [0.5, 0.6) is 11.5 Å². The third-order valence-corrected chi connectivity index (χ3v) is 3.93. The highest BCUT2D eigenvalue weighted by Crippen LogP contribution is 2.57. The van der Waals surface area contributed by atoms with E-state index >= 15 is 0 Å². The lowest BCUT2D eigenvalue weighted by Gasteiger charge is -2.36. The molecule has 0 saturated heterocycles. The van der Waals surface area contributed by atoms with E-state index in [1.165, 1.54) is 0 Å². The minimum atomic E-state index is -6.70. The van der Waals surface area contributed by atoms with Gasteiger partial charge >= 0.3 is 24.7 Å². The summed E-state index contributed by atoms with van der Waals surface area (Å²) in [5.41, 5.74) is -17.1. The van der Waals surface area contributed by atoms with Crippen molar-refractivity contribution in [1.82, 2.24) is 0 Å². The molecule has 0 unspecified atom stereocenters. The van der Waals surface area contributed by atoms with E-state index in [0.717, 1.165) is 0 Å². The van der Waals surface area contributed by atoms with Crippen LogP contribution < -0.4 is 9.47 Å². The first-order chi connectivity index (χ1) is 13.1. The highest BCUT2D eigenvalue weighted by Gasteiger charge is 2.75. The minimum absolute atomic E-state index is 0.323. The summed E-state index contributed by atoms with van der Waals surface area (Å²) in [7, 11) is 0.875. The molecule has 0 saturated carbocycles. The maximum Gasteiger partial charge on any atom is 0.430 e. The molecule has 1 rings (SSSR count). The molecule has 30 heavy (non-hydrogen) atoms. The van der Waals surface area contributed by atoms with E-state index in [2.05, 4.69) is 9.47 Å². The molecule has 0 fully saturated rings. The van der Waals surface area contributed by atoms with Gasteiger partial charge in [-0.2, -0.15) is 52.7 Å². The Bertz CT molecular complexity index is 747. The number of aliphatic hydroxyl groups is 2. The minimum Gasteiger partial charge on any atom is -0.493 e. The predicted octanol–water partition coefficient (Wildman–Crippen LogP) is 4.33. The third kappa shape index (κ3) is 3.70. The molecule has 0 aliphatic heterocycles. The largest absolute Gasteiger partial charge is 0.493 e. The van der Waals surface area contributed by atoms with E-state index < -0.39 is 64.6 Å². The van der Waals surface area contributed by atoms with Gasteiger partial charge in [-0.05, 0) is 12.1 Å². The van der Waals surface area contributed by atoms with Crippen LogP contribution in [0, 0.1) is 0 Å². The van der Waals surface area contributed by atoms with Crippen molar-refractivity contribution in [2.45, 2.75) is 35.9 Å². The molecule has 2 N–H and O–H groups in total. The smallest absolute Gasteiger partial charge is 0.430 e. The Kier molecular flexibility index (Phi) is 6.27. The molecular formula is C14H10F12O4. The summed E-state index contributed by atoms with van der Waals surface area (Å²) in [4.78, 5) is 0. The predicted molar refractivity (Wildman–Crippen MR) is 71.6 cm³/mol. The molecule has 0 aliphatic rings. The number of alkyl halides is 12. The van der Waals surface area contributed by atoms with Crippen molar-refractivity contribution < 1.29 is 72.4 Å². The van der Waals surface area contributed by atoms with Gasteiger partial charge in [-0.3, -0.25) is 0 Å². The number of hydrogen-bond donors (Lipinski definition) is 2. The maximum absolute atomic E-state index is 13.2. The summed E-state index contributed by atoms with van der Waals surface area (Å²) in [5.74, 6) is -3.17. The van der Waals surface area contributed by atoms with Crippen molar-refractivity contribution >= 4 is 0 Å². The molecule has 0 heterocycles. The average Bonchev–Trinajstić information content (AvgIpc) is 2.54. The molecule has 16 heteroatoms. The van der Waals surface area contributed by atoms with E-state index in [1.807, 2.05) is 0 Å². The Morgan fingerprint density at radius 3 is 1.23 bits per heavy atom. The number of hydrogen-bond acceptors (Lipinski definition) is 4.